The number of hydrogen-bond acceptors (Lipinski definition) is 4. The van der Waals surface area contributed by atoms with Gasteiger partial charge in [0.1, 0.15) is 0 Å². The van der Waals surface area contributed by atoms with Crippen molar-refractivity contribution in [2.75, 3.05) is 20.1 Å². The van der Waals surface area contributed by atoms with Crippen LogP contribution < -0.4 is 10.6 Å². The number of nitro groups is 1. The van der Waals surface area contributed by atoms with Crippen LogP contribution in [0.25, 0.3) is 0 Å². The molecule has 1 aliphatic carbocycles. The quantitative estimate of drug-likeness (QED) is 0.207. The lowest BCUT2D eigenvalue weighted by Gasteiger charge is -2.26. The molecule has 29 heavy (non-hydrogen) atoms. The Morgan fingerprint density at radius 1 is 1.28 bits per heavy atom. The highest BCUT2D eigenvalue weighted by atomic mass is 127. The predicted octanol–water partition coefficient (Wildman–Crippen LogP) is 3.06. The van der Waals surface area contributed by atoms with Gasteiger partial charge >= 0.3 is 0 Å². The number of aliphatic imine (C=N–C) groups is 1. The Morgan fingerprint density at radius 2 is 2.03 bits per heavy atom. The van der Waals surface area contributed by atoms with Crippen molar-refractivity contribution in [3.05, 3.63) is 39.9 Å². The molecule has 0 spiro atoms. The van der Waals surface area contributed by atoms with Crippen molar-refractivity contribution in [1.82, 2.24) is 15.5 Å². The molecule has 9 heteroatoms. The number of nitrogens with zero attached hydrogens (tertiary/aromatic N) is 3. The third-order valence-corrected chi connectivity index (χ3v) is 5.60. The summed E-state index contributed by atoms with van der Waals surface area (Å²) in [5.74, 6) is 1.16. The number of halogens is 1. The fourth-order valence-corrected chi connectivity index (χ4v) is 4.04. The van der Waals surface area contributed by atoms with Gasteiger partial charge in [-0.1, -0.05) is 31.4 Å². The molecule has 1 unspecified atom stereocenters. The zero-order chi connectivity index (χ0) is 19.9. The van der Waals surface area contributed by atoms with Gasteiger partial charge in [-0.25, -0.2) is 0 Å². The molecule has 0 aromatic heterocycles. The van der Waals surface area contributed by atoms with Crippen LogP contribution in [0.1, 0.15) is 44.1 Å². The van der Waals surface area contributed by atoms with Gasteiger partial charge in [-0.15, -0.1) is 24.0 Å². The molecule has 1 amide bonds. The molecule has 0 bridgehead atoms. The molecule has 3 rings (SSSR count). The molecule has 0 radical (unpaired) electrons. The second-order valence-corrected chi connectivity index (χ2v) is 7.60. The summed E-state index contributed by atoms with van der Waals surface area (Å²) in [6, 6.07) is 6.72. The van der Waals surface area contributed by atoms with Gasteiger partial charge in [-0.3, -0.25) is 19.9 Å². The van der Waals surface area contributed by atoms with Crippen molar-refractivity contribution in [1.29, 1.82) is 0 Å². The highest BCUT2D eigenvalue weighted by Crippen LogP contribution is 2.26. The third-order valence-electron chi connectivity index (χ3n) is 5.60. The Hall–Kier alpha value is -1.91. The smallest absolute Gasteiger partial charge is 0.269 e. The van der Waals surface area contributed by atoms with Crippen molar-refractivity contribution in [2.45, 2.75) is 51.1 Å². The molecule has 1 aliphatic heterocycles. The lowest BCUT2D eigenvalue weighted by atomic mass is 9.88. The van der Waals surface area contributed by atoms with E-state index in [2.05, 4.69) is 15.6 Å². The molecule has 1 aromatic rings. The lowest BCUT2D eigenvalue weighted by Crippen LogP contribution is -2.45. The average molecular weight is 515 g/mol. The van der Waals surface area contributed by atoms with Crippen molar-refractivity contribution in [2.24, 2.45) is 10.9 Å². The normalized spacial score (nSPS) is 20.1. The maximum atomic E-state index is 12.7. The van der Waals surface area contributed by atoms with Crippen molar-refractivity contribution < 1.29 is 9.72 Å². The van der Waals surface area contributed by atoms with Crippen LogP contribution in [0.15, 0.2) is 29.3 Å². The van der Waals surface area contributed by atoms with E-state index in [-0.39, 0.29) is 41.6 Å². The Kier molecular flexibility index (Phi) is 9.12. The average Bonchev–Trinajstić information content (AvgIpc) is 3.20. The zero-order valence-corrected chi connectivity index (χ0v) is 19.1. The summed E-state index contributed by atoms with van der Waals surface area (Å²) in [6.07, 6.45) is 6.54. The van der Waals surface area contributed by atoms with Gasteiger partial charge in [-0.05, 0) is 24.8 Å². The fraction of sp³-hybridized carbons (Fsp3) is 0.600. The van der Waals surface area contributed by atoms with Gasteiger partial charge in [0.2, 0.25) is 5.91 Å². The number of rotatable bonds is 5. The first-order chi connectivity index (χ1) is 13.6. The first-order valence-corrected chi connectivity index (χ1v) is 10.1. The highest BCUT2D eigenvalue weighted by Gasteiger charge is 2.31. The molecule has 1 aromatic carbocycles. The van der Waals surface area contributed by atoms with Crippen LogP contribution in [0.3, 0.4) is 0 Å². The fourth-order valence-electron chi connectivity index (χ4n) is 4.04. The van der Waals surface area contributed by atoms with Gasteiger partial charge in [0, 0.05) is 50.8 Å². The molecule has 1 saturated heterocycles. The van der Waals surface area contributed by atoms with Crippen LogP contribution in [-0.4, -0.2) is 47.9 Å². The number of carbonyl (C=O) groups excluding carboxylic acids is 1. The zero-order valence-electron chi connectivity index (χ0n) is 16.8. The van der Waals surface area contributed by atoms with Crippen molar-refractivity contribution in [3.63, 3.8) is 0 Å². The van der Waals surface area contributed by atoms with E-state index in [1.54, 1.807) is 19.2 Å². The van der Waals surface area contributed by atoms with E-state index in [0.717, 1.165) is 31.4 Å². The van der Waals surface area contributed by atoms with E-state index in [0.29, 0.717) is 25.0 Å². The van der Waals surface area contributed by atoms with Crippen molar-refractivity contribution >= 4 is 41.5 Å². The number of non-ortho nitro benzene ring substituents is 1. The number of benzene rings is 1. The predicted molar refractivity (Wildman–Crippen MR) is 123 cm³/mol. The molecule has 8 nitrogen and oxygen atoms in total. The second-order valence-electron chi connectivity index (χ2n) is 7.60. The van der Waals surface area contributed by atoms with E-state index in [9.17, 15) is 14.9 Å². The molecular formula is C20H30IN5O3. The third kappa shape index (κ3) is 6.55. The summed E-state index contributed by atoms with van der Waals surface area (Å²) < 4.78 is 0. The van der Waals surface area contributed by atoms with Gasteiger partial charge in [0.25, 0.3) is 5.69 Å². The molecule has 1 atom stereocenters. The summed E-state index contributed by atoms with van der Waals surface area (Å²) in [5.41, 5.74) is 0.896. The van der Waals surface area contributed by atoms with E-state index in [1.807, 2.05) is 11.0 Å². The minimum atomic E-state index is -0.396. The van der Waals surface area contributed by atoms with Crippen molar-refractivity contribution in [3.8, 4) is 0 Å². The molecular weight excluding hydrogens is 485 g/mol. The van der Waals surface area contributed by atoms with Crippen LogP contribution in [0.2, 0.25) is 0 Å². The highest BCUT2D eigenvalue weighted by molar-refractivity contribution is 14.0. The molecule has 1 saturated carbocycles. The van der Waals surface area contributed by atoms with Gasteiger partial charge in [0.15, 0.2) is 5.96 Å². The van der Waals surface area contributed by atoms with Crippen LogP contribution in [-0.2, 0) is 11.3 Å². The van der Waals surface area contributed by atoms with E-state index < -0.39 is 4.92 Å². The summed E-state index contributed by atoms with van der Waals surface area (Å²) >= 11 is 0. The SMILES string of the molecule is CN=C(NCc1cccc([N+](=O)[O-])c1)NC1CCN(C(=O)C2CCCCC2)C1.I. The first-order valence-electron chi connectivity index (χ1n) is 10.1. The largest absolute Gasteiger partial charge is 0.352 e. The summed E-state index contributed by atoms with van der Waals surface area (Å²) in [5, 5.41) is 17.5. The lowest BCUT2D eigenvalue weighted by molar-refractivity contribution is -0.384. The minimum Gasteiger partial charge on any atom is -0.352 e. The van der Waals surface area contributed by atoms with E-state index in [1.165, 1.54) is 25.3 Å². The molecule has 2 aliphatic rings. The Bertz CT molecular complexity index is 737. The molecule has 1 heterocycles. The number of hydrogen-bond donors (Lipinski definition) is 2. The number of nitro benzene ring substituents is 1. The summed E-state index contributed by atoms with van der Waals surface area (Å²) in [7, 11) is 1.70. The van der Waals surface area contributed by atoms with Gasteiger partial charge < -0.3 is 15.5 Å². The van der Waals surface area contributed by atoms with Crippen LogP contribution in [0.5, 0.6) is 0 Å². The Morgan fingerprint density at radius 3 is 2.72 bits per heavy atom. The first kappa shape index (κ1) is 23.4. The maximum Gasteiger partial charge on any atom is 0.269 e. The topological polar surface area (TPSA) is 99.9 Å². The summed E-state index contributed by atoms with van der Waals surface area (Å²) in [6.45, 7) is 1.93. The standard InChI is InChI=1S/C20H29N5O3.HI/c1-21-20(22-13-15-6-5-9-18(12-15)25(27)28)23-17-10-11-24(14-17)19(26)16-7-3-2-4-8-16;/h5-6,9,12,16-17H,2-4,7-8,10-11,13-14H2,1H3,(H2,21,22,23);1H. The van der Waals surface area contributed by atoms with Crippen LogP contribution in [0.4, 0.5) is 5.69 Å². The molecule has 2 fully saturated rings. The second kappa shape index (κ2) is 11.3. The summed E-state index contributed by atoms with van der Waals surface area (Å²) in [4.78, 5) is 29.4. The van der Waals surface area contributed by atoms with Gasteiger partial charge in [0.05, 0.1) is 4.92 Å². The molecule has 160 valence electrons. The Balaban J connectivity index is 0.00000300. The van der Waals surface area contributed by atoms with E-state index >= 15 is 0 Å². The van der Waals surface area contributed by atoms with Crippen LogP contribution >= 0.6 is 24.0 Å². The van der Waals surface area contributed by atoms with E-state index in [4.69, 9.17) is 0 Å². The number of amides is 1. The monoisotopic (exact) mass is 515 g/mol. The number of likely N-dealkylation sites (tertiary alicyclic amines) is 1. The van der Waals surface area contributed by atoms with Gasteiger partial charge in [-0.2, -0.15) is 0 Å². The molecule has 2 N–H and O–H groups in total. The number of carbonyl (C=O) groups is 1. The maximum absolute atomic E-state index is 12.7. The Labute approximate surface area is 188 Å². The van der Waals surface area contributed by atoms with Crippen LogP contribution in [0, 0.1) is 16.0 Å². The number of nitrogens with one attached hydrogen (secondary N) is 2. The number of guanidine groups is 1. The minimum absolute atomic E-state index is 0.